The molecule has 0 saturated heterocycles. The van der Waals surface area contributed by atoms with Gasteiger partial charge in [-0.15, -0.1) is 0 Å². The molecule has 1 aromatic rings. The van der Waals surface area contributed by atoms with Crippen LogP contribution in [-0.2, 0) is 4.79 Å². The van der Waals surface area contributed by atoms with Crippen LogP contribution in [0.5, 0.6) is 0 Å². The Morgan fingerprint density at radius 2 is 2.14 bits per heavy atom. The average molecular weight is 196 g/mol. The van der Waals surface area contributed by atoms with Crippen LogP contribution in [0.1, 0.15) is 24.4 Å². The summed E-state index contributed by atoms with van der Waals surface area (Å²) in [6, 6.07) is -0.837. The number of hydrogen-bond donors (Lipinski definition) is 2. The lowest BCUT2D eigenvalue weighted by Crippen LogP contribution is -2.42. The number of hydrogen-bond acceptors (Lipinski definition) is 3. The fourth-order valence-corrected chi connectivity index (χ4v) is 1.34. The lowest BCUT2D eigenvalue weighted by atomic mass is 10.1. The van der Waals surface area contributed by atoms with Crippen molar-refractivity contribution in [1.82, 2.24) is 9.55 Å². The molecular formula is C9H16N4O. The van der Waals surface area contributed by atoms with Gasteiger partial charge in [-0.25, -0.2) is 4.98 Å². The van der Waals surface area contributed by atoms with Gasteiger partial charge >= 0.3 is 0 Å². The molecule has 0 aromatic carbocycles. The van der Waals surface area contributed by atoms with Gasteiger partial charge < -0.3 is 16.0 Å². The van der Waals surface area contributed by atoms with Crippen LogP contribution in [0.15, 0.2) is 6.33 Å². The first-order chi connectivity index (χ1) is 6.45. The predicted molar refractivity (Wildman–Crippen MR) is 53.6 cm³/mol. The Morgan fingerprint density at radius 1 is 1.57 bits per heavy atom. The number of nitrogens with two attached hydrogens (primary N) is 2. The van der Waals surface area contributed by atoms with Crippen LogP contribution < -0.4 is 11.5 Å². The number of aromatic nitrogens is 2. The molecule has 5 nitrogen and oxygen atoms in total. The van der Waals surface area contributed by atoms with E-state index >= 15 is 0 Å². The SMILES string of the molecule is Cc1ncn(C(C)C(N)C(N)=O)c1C. The van der Waals surface area contributed by atoms with E-state index in [0.29, 0.717) is 0 Å². The second kappa shape index (κ2) is 3.79. The molecule has 5 heteroatoms. The highest BCUT2D eigenvalue weighted by molar-refractivity contribution is 5.80. The molecule has 1 rings (SSSR count). The topological polar surface area (TPSA) is 86.9 Å². The first-order valence-corrected chi connectivity index (χ1v) is 4.50. The second-order valence-corrected chi connectivity index (χ2v) is 3.49. The third-order valence-corrected chi connectivity index (χ3v) is 2.57. The van der Waals surface area contributed by atoms with E-state index < -0.39 is 11.9 Å². The Morgan fingerprint density at radius 3 is 2.50 bits per heavy atom. The molecule has 78 valence electrons. The maximum absolute atomic E-state index is 10.9. The number of imidazole rings is 1. The maximum atomic E-state index is 10.9. The fraction of sp³-hybridized carbons (Fsp3) is 0.556. The van der Waals surface area contributed by atoms with E-state index in [2.05, 4.69) is 4.98 Å². The molecule has 1 amide bonds. The molecule has 0 spiro atoms. The Hall–Kier alpha value is -1.36. The van der Waals surface area contributed by atoms with Gasteiger partial charge in [-0.1, -0.05) is 0 Å². The molecule has 0 radical (unpaired) electrons. The zero-order chi connectivity index (χ0) is 10.9. The first kappa shape index (κ1) is 10.7. The monoisotopic (exact) mass is 196 g/mol. The van der Waals surface area contributed by atoms with Gasteiger partial charge in [0.1, 0.15) is 6.04 Å². The van der Waals surface area contributed by atoms with Crippen molar-refractivity contribution in [2.24, 2.45) is 11.5 Å². The predicted octanol–water partition coefficient (Wildman–Crippen LogP) is -0.126. The van der Waals surface area contributed by atoms with Crippen molar-refractivity contribution in [1.29, 1.82) is 0 Å². The van der Waals surface area contributed by atoms with E-state index in [4.69, 9.17) is 11.5 Å². The molecule has 2 atom stereocenters. The number of carbonyl (C=O) groups is 1. The highest BCUT2D eigenvalue weighted by Crippen LogP contribution is 2.14. The van der Waals surface area contributed by atoms with Crippen LogP contribution in [0.4, 0.5) is 0 Å². The summed E-state index contributed by atoms with van der Waals surface area (Å²) in [6.07, 6.45) is 1.68. The largest absolute Gasteiger partial charge is 0.368 e. The molecule has 0 aliphatic heterocycles. The van der Waals surface area contributed by atoms with E-state index in [0.717, 1.165) is 11.4 Å². The van der Waals surface area contributed by atoms with E-state index in [1.54, 1.807) is 6.33 Å². The minimum absolute atomic E-state index is 0.159. The Labute approximate surface area is 83.1 Å². The van der Waals surface area contributed by atoms with Crippen LogP contribution >= 0.6 is 0 Å². The summed E-state index contributed by atoms with van der Waals surface area (Å²) < 4.78 is 1.87. The van der Waals surface area contributed by atoms with Gasteiger partial charge in [0.05, 0.1) is 18.1 Å². The molecule has 2 unspecified atom stereocenters. The molecule has 1 aromatic heterocycles. The minimum atomic E-state index is -0.678. The molecule has 0 bridgehead atoms. The summed E-state index contributed by atoms with van der Waals surface area (Å²) in [4.78, 5) is 15.0. The van der Waals surface area contributed by atoms with Crippen molar-refractivity contribution < 1.29 is 4.79 Å². The second-order valence-electron chi connectivity index (χ2n) is 3.49. The van der Waals surface area contributed by atoms with E-state index in [9.17, 15) is 4.79 Å². The number of nitrogens with zero attached hydrogens (tertiary/aromatic N) is 2. The smallest absolute Gasteiger partial charge is 0.236 e. The zero-order valence-electron chi connectivity index (χ0n) is 8.69. The minimum Gasteiger partial charge on any atom is -0.368 e. The Bertz CT molecular complexity index is 345. The van der Waals surface area contributed by atoms with Crippen LogP contribution in [0.2, 0.25) is 0 Å². The lowest BCUT2D eigenvalue weighted by Gasteiger charge is -2.19. The molecule has 0 fully saturated rings. The quantitative estimate of drug-likeness (QED) is 0.706. The summed E-state index contributed by atoms with van der Waals surface area (Å²) >= 11 is 0. The molecule has 0 saturated carbocycles. The maximum Gasteiger partial charge on any atom is 0.236 e. The average Bonchev–Trinajstić information content (AvgIpc) is 2.45. The van der Waals surface area contributed by atoms with Crippen molar-refractivity contribution in [2.75, 3.05) is 0 Å². The highest BCUT2D eigenvalue weighted by Gasteiger charge is 2.21. The Balaban J connectivity index is 2.94. The molecule has 1 heterocycles. The molecule has 0 aliphatic rings. The van der Waals surface area contributed by atoms with Crippen molar-refractivity contribution in [2.45, 2.75) is 32.9 Å². The van der Waals surface area contributed by atoms with E-state index in [1.165, 1.54) is 0 Å². The van der Waals surface area contributed by atoms with Crippen LogP contribution in [-0.4, -0.2) is 21.5 Å². The van der Waals surface area contributed by atoms with Gasteiger partial charge in [0.15, 0.2) is 0 Å². The van der Waals surface area contributed by atoms with Crippen LogP contribution in [0.3, 0.4) is 0 Å². The summed E-state index contributed by atoms with van der Waals surface area (Å²) in [5.41, 5.74) is 12.7. The van der Waals surface area contributed by atoms with Gasteiger partial charge in [-0.05, 0) is 20.8 Å². The normalized spacial score (nSPS) is 15.1. The van der Waals surface area contributed by atoms with Gasteiger partial charge in [-0.2, -0.15) is 0 Å². The van der Waals surface area contributed by atoms with Crippen LogP contribution in [0, 0.1) is 13.8 Å². The summed E-state index contributed by atoms with van der Waals surface area (Å²) in [5, 5.41) is 0. The third kappa shape index (κ3) is 1.77. The number of carbonyl (C=O) groups excluding carboxylic acids is 1. The van der Waals surface area contributed by atoms with Crippen molar-refractivity contribution in [3.05, 3.63) is 17.7 Å². The first-order valence-electron chi connectivity index (χ1n) is 4.50. The molecule has 0 aliphatic carbocycles. The van der Waals surface area contributed by atoms with E-state index in [-0.39, 0.29) is 6.04 Å². The molecule has 4 N–H and O–H groups in total. The van der Waals surface area contributed by atoms with Crippen molar-refractivity contribution in [3.8, 4) is 0 Å². The van der Waals surface area contributed by atoms with Gasteiger partial charge in [0, 0.05) is 5.69 Å². The van der Waals surface area contributed by atoms with Crippen LogP contribution in [0.25, 0.3) is 0 Å². The zero-order valence-corrected chi connectivity index (χ0v) is 8.69. The van der Waals surface area contributed by atoms with Crippen molar-refractivity contribution in [3.63, 3.8) is 0 Å². The standard InChI is InChI=1S/C9H16N4O/c1-5-6(2)13(4-12-5)7(3)8(10)9(11)14/h4,7-8H,10H2,1-3H3,(H2,11,14). The fourth-order valence-electron chi connectivity index (χ4n) is 1.34. The molecule has 14 heavy (non-hydrogen) atoms. The van der Waals surface area contributed by atoms with Gasteiger partial charge in [0.25, 0.3) is 0 Å². The molecular weight excluding hydrogens is 180 g/mol. The third-order valence-electron chi connectivity index (χ3n) is 2.57. The summed E-state index contributed by atoms with van der Waals surface area (Å²) in [7, 11) is 0. The van der Waals surface area contributed by atoms with E-state index in [1.807, 2.05) is 25.3 Å². The summed E-state index contributed by atoms with van der Waals surface area (Å²) in [5.74, 6) is -0.497. The number of rotatable bonds is 3. The number of primary amides is 1. The van der Waals surface area contributed by atoms with Gasteiger partial charge in [0.2, 0.25) is 5.91 Å². The summed E-state index contributed by atoms with van der Waals surface area (Å²) in [6.45, 7) is 5.70. The number of aryl methyl sites for hydroxylation is 1. The van der Waals surface area contributed by atoms with Gasteiger partial charge in [-0.3, -0.25) is 4.79 Å². The lowest BCUT2D eigenvalue weighted by molar-refractivity contribution is -0.120. The number of amides is 1. The highest BCUT2D eigenvalue weighted by atomic mass is 16.1. The van der Waals surface area contributed by atoms with Crippen molar-refractivity contribution >= 4 is 5.91 Å². The Kier molecular flexibility index (Phi) is 2.90.